The molecule has 2 saturated heterocycles. The molecule has 0 spiro atoms. The topological polar surface area (TPSA) is 56.8 Å². The largest absolute Gasteiger partial charge is 0.353 e. The van der Waals surface area contributed by atoms with Gasteiger partial charge < -0.3 is 14.7 Å². The van der Waals surface area contributed by atoms with E-state index in [1.807, 2.05) is 23.1 Å². The van der Waals surface area contributed by atoms with E-state index in [1.165, 1.54) is 0 Å². The number of anilines is 1. The minimum Gasteiger partial charge on any atom is -0.353 e. The van der Waals surface area contributed by atoms with Crippen LogP contribution in [0.1, 0.15) is 12.8 Å². The van der Waals surface area contributed by atoms with Gasteiger partial charge in [-0.1, -0.05) is 6.07 Å². The lowest BCUT2D eigenvalue weighted by atomic mass is 9.94. The van der Waals surface area contributed by atoms with Crippen LogP contribution in [0.4, 0.5) is 5.82 Å². The number of hydrogen-bond acceptors (Lipinski definition) is 4. The molecule has 6 heteroatoms. The van der Waals surface area contributed by atoms with Crippen molar-refractivity contribution in [2.45, 2.75) is 12.8 Å². The number of piperazine rings is 1. The molecule has 2 aliphatic heterocycles. The summed E-state index contributed by atoms with van der Waals surface area (Å²) in [5.74, 6) is 1.05. The summed E-state index contributed by atoms with van der Waals surface area (Å²) >= 11 is 0. The number of nitrogens with zero attached hydrogens (tertiary/aromatic N) is 4. The third-order valence-corrected chi connectivity index (χ3v) is 4.57. The minimum absolute atomic E-state index is 0.0803. The molecule has 118 valence electrons. The van der Waals surface area contributed by atoms with Gasteiger partial charge in [0, 0.05) is 58.3 Å². The van der Waals surface area contributed by atoms with Gasteiger partial charge in [-0.15, -0.1) is 0 Å². The molecule has 2 fully saturated rings. The van der Waals surface area contributed by atoms with Crippen molar-refractivity contribution in [3.05, 3.63) is 24.4 Å². The molecular formula is C16H22N4O2. The number of piperidine rings is 1. The van der Waals surface area contributed by atoms with E-state index in [1.54, 1.807) is 18.1 Å². The molecule has 1 atom stereocenters. The fourth-order valence-electron chi connectivity index (χ4n) is 3.11. The Morgan fingerprint density at radius 3 is 2.59 bits per heavy atom. The third-order valence-electron chi connectivity index (χ3n) is 4.57. The molecule has 22 heavy (non-hydrogen) atoms. The third kappa shape index (κ3) is 3.05. The Morgan fingerprint density at radius 2 is 1.95 bits per heavy atom. The first kappa shape index (κ1) is 14.8. The highest BCUT2D eigenvalue weighted by Crippen LogP contribution is 2.21. The predicted octanol–water partition coefficient (Wildman–Crippen LogP) is 0.599. The standard InChI is InChI=1S/C16H22N4O2/c1-18-7-5-13(12-15(18)21)16(22)20-10-8-19(9-11-20)14-4-2-3-6-17-14/h2-4,6,13H,5,7-12H2,1H3/t13-/m1/s1. The smallest absolute Gasteiger partial charge is 0.226 e. The van der Waals surface area contributed by atoms with Gasteiger partial charge in [0.05, 0.1) is 0 Å². The van der Waals surface area contributed by atoms with Crippen molar-refractivity contribution in [3.8, 4) is 0 Å². The Labute approximate surface area is 130 Å². The quantitative estimate of drug-likeness (QED) is 0.803. The van der Waals surface area contributed by atoms with Crippen LogP contribution < -0.4 is 4.90 Å². The van der Waals surface area contributed by atoms with Crippen LogP contribution in [-0.4, -0.2) is 66.4 Å². The van der Waals surface area contributed by atoms with Gasteiger partial charge >= 0.3 is 0 Å². The lowest BCUT2D eigenvalue weighted by Gasteiger charge is -2.38. The van der Waals surface area contributed by atoms with Gasteiger partial charge in [-0.25, -0.2) is 4.98 Å². The van der Waals surface area contributed by atoms with Crippen molar-refractivity contribution >= 4 is 17.6 Å². The lowest BCUT2D eigenvalue weighted by molar-refractivity contribution is -0.144. The monoisotopic (exact) mass is 302 g/mol. The highest BCUT2D eigenvalue weighted by atomic mass is 16.2. The number of carbonyl (C=O) groups excluding carboxylic acids is 2. The number of amides is 2. The minimum atomic E-state index is -0.134. The number of hydrogen-bond donors (Lipinski definition) is 0. The molecule has 0 saturated carbocycles. The summed E-state index contributed by atoms with van der Waals surface area (Å²) < 4.78 is 0. The zero-order valence-electron chi connectivity index (χ0n) is 12.9. The number of pyridine rings is 1. The fourth-order valence-corrected chi connectivity index (χ4v) is 3.11. The maximum absolute atomic E-state index is 12.6. The Hall–Kier alpha value is -2.11. The van der Waals surface area contributed by atoms with E-state index in [4.69, 9.17) is 0 Å². The second-order valence-electron chi connectivity index (χ2n) is 6.01. The average Bonchev–Trinajstić information content (AvgIpc) is 2.58. The molecule has 0 N–H and O–H groups in total. The van der Waals surface area contributed by atoms with Crippen molar-refractivity contribution < 1.29 is 9.59 Å². The van der Waals surface area contributed by atoms with E-state index in [0.29, 0.717) is 26.1 Å². The molecule has 2 aliphatic rings. The van der Waals surface area contributed by atoms with Crippen molar-refractivity contribution in [3.63, 3.8) is 0 Å². The first-order valence-electron chi connectivity index (χ1n) is 7.84. The first-order chi connectivity index (χ1) is 10.6. The van der Waals surface area contributed by atoms with Crippen molar-refractivity contribution in [2.75, 3.05) is 44.7 Å². The van der Waals surface area contributed by atoms with Gasteiger partial charge in [-0.05, 0) is 18.6 Å². The summed E-state index contributed by atoms with van der Waals surface area (Å²) in [5, 5.41) is 0. The molecule has 6 nitrogen and oxygen atoms in total. The van der Waals surface area contributed by atoms with E-state index in [9.17, 15) is 9.59 Å². The Bertz CT molecular complexity index is 540. The van der Waals surface area contributed by atoms with E-state index >= 15 is 0 Å². The van der Waals surface area contributed by atoms with Crippen LogP contribution >= 0.6 is 0 Å². The number of likely N-dealkylation sites (tertiary alicyclic amines) is 1. The Morgan fingerprint density at radius 1 is 1.18 bits per heavy atom. The molecule has 0 bridgehead atoms. The van der Waals surface area contributed by atoms with Crippen molar-refractivity contribution in [1.82, 2.24) is 14.8 Å². The molecule has 1 aromatic rings. The molecule has 0 aromatic carbocycles. The highest BCUT2D eigenvalue weighted by Gasteiger charge is 2.32. The maximum atomic E-state index is 12.6. The Balaban J connectivity index is 1.55. The zero-order valence-corrected chi connectivity index (χ0v) is 12.9. The molecular weight excluding hydrogens is 280 g/mol. The average molecular weight is 302 g/mol. The molecule has 0 unspecified atom stereocenters. The molecule has 3 rings (SSSR count). The van der Waals surface area contributed by atoms with Crippen LogP contribution in [0.5, 0.6) is 0 Å². The van der Waals surface area contributed by atoms with E-state index < -0.39 is 0 Å². The molecule has 0 aliphatic carbocycles. The van der Waals surface area contributed by atoms with Crippen LogP contribution in [0.15, 0.2) is 24.4 Å². The molecule has 3 heterocycles. The first-order valence-corrected chi connectivity index (χ1v) is 7.84. The maximum Gasteiger partial charge on any atom is 0.226 e. The van der Waals surface area contributed by atoms with E-state index in [-0.39, 0.29) is 17.7 Å². The SMILES string of the molecule is CN1CC[C@@H](C(=O)N2CCN(c3ccccn3)CC2)CC1=O. The molecule has 1 aromatic heterocycles. The molecule has 0 radical (unpaired) electrons. The summed E-state index contributed by atoms with van der Waals surface area (Å²) in [6.45, 7) is 3.68. The predicted molar refractivity (Wildman–Crippen MR) is 83.4 cm³/mol. The van der Waals surface area contributed by atoms with Gasteiger partial charge in [0.1, 0.15) is 5.82 Å². The van der Waals surface area contributed by atoms with Crippen LogP contribution in [0.25, 0.3) is 0 Å². The van der Waals surface area contributed by atoms with Crippen LogP contribution in [-0.2, 0) is 9.59 Å². The van der Waals surface area contributed by atoms with Crippen LogP contribution in [0.3, 0.4) is 0 Å². The number of carbonyl (C=O) groups is 2. The fraction of sp³-hybridized carbons (Fsp3) is 0.562. The summed E-state index contributed by atoms with van der Waals surface area (Å²) in [7, 11) is 1.80. The van der Waals surface area contributed by atoms with Gasteiger partial charge in [0.15, 0.2) is 0 Å². The number of rotatable bonds is 2. The van der Waals surface area contributed by atoms with Gasteiger partial charge in [0.2, 0.25) is 11.8 Å². The Kier molecular flexibility index (Phi) is 4.27. The van der Waals surface area contributed by atoms with E-state index in [2.05, 4.69) is 9.88 Å². The summed E-state index contributed by atoms with van der Waals surface area (Å²) in [6.07, 6.45) is 2.92. The summed E-state index contributed by atoms with van der Waals surface area (Å²) in [4.78, 5) is 34.5. The lowest BCUT2D eigenvalue weighted by Crippen LogP contribution is -2.52. The van der Waals surface area contributed by atoms with Crippen LogP contribution in [0, 0.1) is 5.92 Å². The highest BCUT2D eigenvalue weighted by molar-refractivity contribution is 5.87. The second-order valence-corrected chi connectivity index (χ2v) is 6.01. The molecule has 2 amide bonds. The van der Waals surface area contributed by atoms with Gasteiger partial charge in [0.25, 0.3) is 0 Å². The zero-order chi connectivity index (χ0) is 15.5. The van der Waals surface area contributed by atoms with Gasteiger partial charge in [-0.2, -0.15) is 0 Å². The summed E-state index contributed by atoms with van der Waals surface area (Å²) in [6, 6.07) is 5.87. The van der Waals surface area contributed by atoms with Crippen LogP contribution in [0.2, 0.25) is 0 Å². The normalized spacial score (nSPS) is 22.9. The summed E-state index contributed by atoms with van der Waals surface area (Å²) in [5.41, 5.74) is 0. The van der Waals surface area contributed by atoms with E-state index in [0.717, 1.165) is 25.3 Å². The number of aromatic nitrogens is 1. The van der Waals surface area contributed by atoms with Crippen molar-refractivity contribution in [2.24, 2.45) is 5.92 Å². The second kappa shape index (κ2) is 6.34. The van der Waals surface area contributed by atoms with Gasteiger partial charge in [-0.3, -0.25) is 9.59 Å². The van der Waals surface area contributed by atoms with Crippen molar-refractivity contribution in [1.29, 1.82) is 0 Å².